The van der Waals surface area contributed by atoms with E-state index in [4.69, 9.17) is 0 Å². The van der Waals surface area contributed by atoms with Gasteiger partial charge in [0, 0.05) is 20.3 Å². The molecule has 1 atom stereocenters. The minimum absolute atomic E-state index is 0.00801. The molecule has 0 radical (unpaired) electrons. The second kappa shape index (κ2) is 4.75. The molecule has 0 saturated heterocycles. The molecular weight excluding hydrogens is 204 g/mol. The Hall–Kier alpha value is -1.37. The molecule has 0 bridgehead atoms. The van der Waals surface area contributed by atoms with Gasteiger partial charge in [0.2, 0.25) is 0 Å². The number of hydrogen-bond donors (Lipinski definition) is 2. The lowest BCUT2D eigenvalue weighted by atomic mass is 10.6. The second-order valence-corrected chi connectivity index (χ2v) is 3.65. The monoisotopic (exact) mass is 216 g/mol. The lowest BCUT2D eigenvalue weighted by Crippen LogP contribution is -2.38. The van der Waals surface area contributed by atoms with Crippen LogP contribution in [-0.2, 0) is 0 Å². The highest BCUT2D eigenvalue weighted by molar-refractivity contribution is 8.02. The van der Waals surface area contributed by atoms with Gasteiger partial charge in [-0.15, -0.1) is 0 Å². The Balaban J connectivity index is 2.53. The summed E-state index contributed by atoms with van der Waals surface area (Å²) in [5.41, 5.74) is 0.00801. The average molecular weight is 216 g/mol. The summed E-state index contributed by atoms with van der Waals surface area (Å²) in [5.74, 6) is 0.392. The summed E-state index contributed by atoms with van der Waals surface area (Å²) in [7, 11) is 3.53. The third-order valence-electron chi connectivity index (χ3n) is 1.66. The Labute approximate surface area is 86.2 Å². The van der Waals surface area contributed by atoms with Crippen molar-refractivity contribution < 1.29 is 4.92 Å². The van der Waals surface area contributed by atoms with Crippen molar-refractivity contribution in [1.29, 1.82) is 0 Å². The lowest BCUT2D eigenvalue weighted by molar-refractivity contribution is -0.404. The van der Waals surface area contributed by atoms with Crippen LogP contribution in [0.1, 0.15) is 0 Å². The number of rotatable bonds is 4. The fraction of sp³-hybridized carbons (Fsp3) is 0.429. The predicted octanol–water partition coefficient (Wildman–Crippen LogP) is 0.304. The van der Waals surface area contributed by atoms with Gasteiger partial charge < -0.3 is 15.5 Å². The molecule has 1 unspecified atom stereocenters. The molecule has 6 nitrogen and oxygen atoms in total. The van der Waals surface area contributed by atoms with Gasteiger partial charge in [0.25, 0.3) is 6.20 Å². The molecule has 0 spiro atoms. The fourth-order valence-electron chi connectivity index (χ4n) is 0.928. The molecule has 1 rings (SSSR count). The van der Waals surface area contributed by atoms with Gasteiger partial charge in [-0.2, -0.15) is 0 Å². The normalized spacial score (nSPS) is 21.1. The second-order valence-electron chi connectivity index (χ2n) is 2.66. The molecule has 1 heterocycles. The van der Waals surface area contributed by atoms with Crippen LogP contribution in [0.4, 0.5) is 0 Å². The molecule has 1 aliphatic heterocycles. The van der Waals surface area contributed by atoms with E-state index >= 15 is 0 Å². The van der Waals surface area contributed by atoms with Crippen LogP contribution in [0.3, 0.4) is 0 Å². The van der Waals surface area contributed by atoms with Gasteiger partial charge in [-0.05, 0) is 5.41 Å². The Morgan fingerprint density at radius 3 is 2.93 bits per heavy atom. The van der Waals surface area contributed by atoms with Gasteiger partial charge in [0.15, 0.2) is 11.3 Å². The van der Waals surface area contributed by atoms with Crippen molar-refractivity contribution in [3.8, 4) is 0 Å². The minimum Gasteiger partial charge on any atom is -0.370 e. The summed E-state index contributed by atoms with van der Waals surface area (Å²) in [5, 5.41) is 17.9. The van der Waals surface area contributed by atoms with E-state index in [1.54, 1.807) is 18.8 Å². The fourth-order valence-corrected chi connectivity index (χ4v) is 1.80. The number of nitrogens with zero attached hydrogens (tertiary/aromatic N) is 2. The van der Waals surface area contributed by atoms with E-state index in [1.807, 2.05) is 23.6 Å². The quantitative estimate of drug-likeness (QED) is 0.520. The maximum absolute atomic E-state index is 10.2. The number of nitro groups is 1. The summed E-state index contributed by atoms with van der Waals surface area (Å²) in [6.45, 7) is 0. The maximum Gasteiger partial charge on any atom is 0.274 e. The van der Waals surface area contributed by atoms with E-state index in [-0.39, 0.29) is 5.50 Å². The van der Waals surface area contributed by atoms with Crippen LogP contribution in [-0.4, -0.2) is 29.4 Å². The highest BCUT2D eigenvalue weighted by Crippen LogP contribution is 2.21. The highest BCUT2D eigenvalue weighted by atomic mass is 32.2. The van der Waals surface area contributed by atoms with E-state index < -0.39 is 4.92 Å². The zero-order chi connectivity index (χ0) is 10.6. The SMILES string of the molecule is CNC(=C[N+](=O)[O-])NC1SC=CN1C. The topological polar surface area (TPSA) is 70.4 Å². The first-order chi connectivity index (χ1) is 6.63. The third-order valence-corrected chi connectivity index (χ3v) is 2.64. The van der Waals surface area contributed by atoms with Crippen LogP contribution >= 0.6 is 11.8 Å². The van der Waals surface area contributed by atoms with Crippen molar-refractivity contribution >= 4 is 11.8 Å². The minimum atomic E-state index is -0.494. The van der Waals surface area contributed by atoms with Crippen molar-refractivity contribution in [2.45, 2.75) is 5.50 Å². The van der Waals surface area contributed by atoms with Crippen molar-refractivity contribution in [2.75, 3.05) is 14.1 Å². The summed E-state index contributed by atoms with van der Waals surface area (Å²) < 4.78 is 0. The van der Waals surface area contributed by atoms with E-state index in [9.17, 15) is 10.1 Å². The number of thioether (sulfide) groups is 1. The highest BCUT2D eigenvalue weighted by Gasteiger charge is 2.17. The van der Waals surface area contributed by atoms with Gasteiger partial charge in [-0.1, -0.05) is 11.8 Å². The summed E-state index contributed by atoms with van der Waals surface area (Å²) in [4.78, 5) is 11.7. The molecule has 0 saturated carbocycles. The van der Waals surface area contributed by atoms with Crippen molar-refractivity contribution in [3.05, 3.63) is 33.7 Å². The van der Waals surface area contributed by atoms with E-state index in [1.165, 1.54) is 0 Å². The molecule has 78 valence electrons. The Kier molecular flexibility index (Phi) is 3.63. The van der Waals surface area contributed by atoms with E-state index in [0.29, 0.717) is 5.82 Å². The van der Waals surface area contributed by atoms with Crippen LogP contribution in [0.2, 0.25) is 0 Å². The molecule has 0 amide bonds. The zero-order valence-electron chi connectivity index (χ0n) is 7.93. The van der Waals surface area contributed by atoms with Crippen LogP contribution in [0.5, 0.6) is 0 Å². The van der Waals surface area contributed by atoms with Crippen molar-refractivity contribution in [2.24, 2.45) is 0 Å². The molecule has 7 heteroatoms. The molecular formula is C7H12N4O2S. The predicted molar refractivity (Wildman–Crippen MR) is 55.6 cm³/mol. The Morgan fingerprint density at radius 1 is 1.79 bits per heavy atom. The van der Waals surface area contributed by atoms with Crippen LogP contribution < -0.4 is 10.6 Å². The first-order valence-corrected chi connectivity index (χ1v) is 4.91. The van der Waals surface area contributed by atoms with Gasteiger partial charge >= 0.3 is 0 Å². The average Bonchev–Trinajstić information content (AvgIpc) is 2.50. The zero-order valence-corrected chi connectivity index (χ0v) is 8.75. The summed E-state index contributed by atoms with van der Waals surface area (Å²) in [6.07, 6.45) is 2.81. The maximum atomic E-state index is 10.2. The molecule has 0 aliphatic carbocycles. The molecule has 0 fully saturated rings. The van der Waals surface area contributed by atoms with Crippen LogP contribution in [0, 0.1) is 10.1 Å². The van der Waals surface area contributed by atoms with E-state index in [0.717, 1.165) is 6.20 Å². The third kappa shape index (κ3) is 2.84. The smallest absolute Gasteiger partial charge is 0.274 e. The van der Waals surface area contributed by atoms with Crippen LogP contribution in [0.25, 0.3) is 0 Å². The lowest BCUT2D eigenvalue weighted by Gasteiger charge is -2.22. The van der Waals surface area contributed by atoms with Crippen LogP contribution in [0.15, 0.2) is 23.6 Å². The molecule has 1 aliphatic rings. The standard InChI is InChI=1S/C7H12N4O2S/c1-8-6(5-11(12)13)9-7-10(2)3-4-14-7/h3-5,7-9H,1-2H3. The van der Waals surface area contributed by atoms with Gasteiger partial charge in [-0.3, -0.25) is 10.1 Å². The molecule has 2 N–H and O–H groups in total. The molecule has 0 aromatic rings. The number of hydrogen-bond acceptors (Lipinski definition) is 6. The first-order valence-electron chi connectivity index (χ1n) is 3.97. The first kappa shape index (κ1) is 10.7. The molecule has 14 heavy (non-hydrogen) atoms. The summed E-state index contributed by atoms with van der Waals surface area (Å²) in [6, 6.07) is 0. The van der Waals surface area contributed by atoms with Crippen molar-refractivity contribution in [3.63, 3.8) is 0 Å². The number of nitrogens with one attached hydrogen (secondary N) is 2. The Bertz CT molecular complexity index is 279. The van der Waals surface area contributed by atoms with Gasteiger partial charge in [-0.25, -0.2) is 0 Å². The van der Waals surface area contributed by atoms with Crippen molar-refractivity contribution in [1.82, 2.24) is 15.5 Å². The summed E-state index contributed by atoms with van der Waals surface area (Å²) >= 11 is 1.55. The molecule has 0 aromatic carbocycles. The van der Waals surface area contributed by atoms with Gasteiger partial charge in [0.1, 0.15) is 0 Å². The Morgan fingerprint density at radius 2 is 2.50 bits per heavy atom. The molecule has 0 aromatic heterocycles. The van der Waals surface area contributed by atoms with E-state index in [2.05, 4.69) is 10.6 Å². The van der Waals surface area contributed by atoms with Gasteiger partial charge in [0.05, 0.1) is 4.92 Å². The largest absolute Gasteiger partial charge is 0.370 e.